The van der Waals surface area contributed by atoms with Crippen molar-refractivity contribution in [1.29, 1.82) is 0 Å². The number of hydrogen-bond acceptors (Lipinski definition) is 5. The highest BCUT2D eigenvalue weighted by Crippen LogP contribution is 2.26. The summed E-state index contributed by atoms with van der Waals surface area (Å²) in [6, 6.07) is 13.3. The number of carbonyl (C=O) groups is 1. The van der Waals surface area contributed by atoms with Gasteiger partial charge in [-0.1, -0.05) is 29.5 Å². The Kier molecular flexibility index (Phi) is 4.85. The number of nitrogens with zero attached hydrogens (tertiary/aromatic N) is 1. The number of hydrogen-bond donors (Lipinski definition) is 2. The normalized spacial score (nSPS) is 11.8. The van der Waals surface area contributed by atoms with Crippen LogP contribution < -0.4 is 10.0 Å². The van der Waals surface area contributed by atoms with E-state index in [1.165, 1.54) is 23.5 Å². The van der Waals surface area contributed by atoms with Gasteiger partial charge in [0, 0.05) is 11.6 Å². The fraction of sp³-hybridized carbons (Fsp3) is 0.176. The summed E-state index contributed by atoms with van der Waals surface area (Å²) in [6.45, 7) is 3.47. The van der Waals surface area contributed by atoms with Gasteiger partial charge in [0.2, 0.25) is 10.0 Å². The van der Waals surface area contributed by atoms with Crippen LogP contribution in [0.1, 0.15) is 24.2 Å². The van der Waals surface area contributed by atoms with E-state index in [2.05, 4.69) is 15.0 Å². The molecule has 1 heterocycles. The number of fused-ring (bicyclic) bond motifs is 1. The molecule has 0 unspecified atom stereocenters. The van der Waals surface area contributed by atoms with Gasteiger partial charge in [0.05, 0.1) is 15.1 Å². The van der Waals surface area contributed by atoms with Crippen molar-refractivity contribution in [1.82, 2.24) is 9.71 Å². The molecule has 0 atom stereocenters. The van der Waals surface area contributed by atoms with E-state index in [4.69, 9.17) is 0 Å². The van der Waals surface area contributed by atoms with Crippen LogP contribution in [0.2, 0.25) is 0 Å². The lowest BCUT2D eigenvalue weighted by Gasteiger charge is -2.10. The van der Waals surface area contributed by atoms with Gasteiger partial charge in [-0.05, 0) is 44.2 Å². The third-order valence-corrected chi connectivity index (χ3v) is 5.92. The number of para-hydroxylation sites is 1. The number of amides is 1. The van der Waals surface area contributed by atoms with Crippen LogP contribution in [-0.2, 0) is 10.0 Å². The molecule has 2 N–H and O–H groups in total. The van der Waals surface area contributed by atoms with Crippen molar-refractivity contribution in [2.45, 2.75) is 24.8 Å². The highest BCUT2D eigenvalue weighted by atomic mass is 32.2. The average molecular weight is 375 g/mol. The maximum atomic E-state index is 12.4. The van der Waals surface area contributed by atoms with Gasteiger partial charge in [-0.2, -0.15) is 0 Å². The fourth-order valence-corrected chi connectivity index (χ4v) is 4.44. The zero-order valence-electron chi connectivity index (χ0n) is 13.7. The molecule has 2 aromatic carbocycles. The van der Waals surface area contributed by atoms with Gasteiger partial charge in [0.15, 0.2) is 5.13 Å². The first-order valence-electron chi connectivity index (χ1n) is 7.64. The predicted octanol–water partition coefficient (Wildman–Crippen LogP) is 3.24. The van der Waals surface area contributed by atoms with Crippen LogP contribution in [0, 0.1) is 0 Å². The van der Waals surface area contributed by atoms with Gasteiger partial charge in [-0.15, -0.1) is 0 Å². The Bertz CT molecular complexity index is 993. The first-order valence-corrected chi connectivity index (χ1v) is 9.94. The quantitative estimate of drug-likeness (QED) is 0.717. The van der Waals surface area contributed by atoms with Gasteiger partial charge in [-0.25, -0.2) is 18.1 Å². The number of carbonyl (C=O) groups excluding carboxylic acids is 1. The summed E-state index contributed by atoms with van der Waals surface area (Å²) in [5.41, 5.74) is 1.06. The number of nitrogens with one attached hydrogen (secondary N) is 2. The van der Waals surface area contributed by atoms with Crippen molar-refractivity contribution in [2.24, 2.45) is 0 Å². The zero-order chi connectivity index (χ0) is 18.0. The number of aromatic nitrogens is 1. The van der Waals surface area contributed by atoms with Gasteiger partial charge in [0.25, 0.3) is 5.91 Å². The summed E-state index contributed by atoms with van der Waals surface area (Å²) in [6.07, 6.45) is 0. The van der Waals surface area contributed by atoms with Crippen LogP contribution in [0.5, 0.6) is 0 Å². The molecule has 1 aromatic heterocycles. The molecule has 0 bridgehead atoms. The Morgan fingerprint density at radius 1 is 1.12 bits per heavy atom. The molecule has 130 valence electrons. The lowest BCUT2D eigenvalue weighted by Crippen LogP contribution is -2.30. The van der Waals surface area contributed by atoms with E-state index in [0.717, 1.165) is 10.2 Å². The molecular weight excluding hydrogens is 358 g/mol. The van der Waals surface area contributed by atoms with Crippen LogP contribution in [0.3, 0.4) is 0 Å². The predicted molar refractivity (Wildman–Crippen MR) is 99.5 cm³/mol. The molecule has 0 saturated heterocycles. The summed E-state index contributed by atoms with van der Waals surface area (Å²) in [7, 11) is -3.65. The van der Waals surface area contributed by atoms with E-state index < -0.39 is 15.9 Å². The molecule has 6 nitrogen and oxygen atoms in total. The smallest absolute Gasteiger partial charge is 0.257 e. The minimum Gasteiger partial charge on any atom is -0.298 e. The Morgan fingerprint density at radius 3 is 2.60 bits per heavy atom. The second-order valence-electron chi connectivity index (χ2n) is 5.74. The molecule has 8 heteroatoms. The summed E-state index contributed by atoms with van der Waals surface area (Å²) >= 11 is 1.36. The molecule has 0 spiro atoms. The molecule has 0 aliphatic heterocycles. The molecule has 0 fully saturated rings. The van der Waals surface area contributed by atoms with Crippen LogP contribution in [0.15, 0.2) is 53.4 Å². The standard InChI is InChI=1S/C17H17N3O3S2/c1-11(2)20-25(22,23)13-7-5-6-12(10-13)16(21)19-17-18-14-8-3-4-9-15(14)24-17/h3-11,20H,1-2H3,(H,18,19,21). The molecular formula is C17H17N3O3S2. The lowest BCUT2D eigenvalue weighted by atomic mass is 10.2. The van der Waals surface area contributed by atoms with Gasteiger partial charge in [0.1, 0.15) is 0 Å². The third kappa shape index (κ3) is 4.04. The molecule has 0 aliphatic carbocycles. The monoisotopic (exact) mass is 375 g/mol. The van der Waals surface area contributed by atoms with Crippen molar-refractivity contribution in [3.63, 3.8) is 0 Å². The number of benzene rings is 2. The molecule has 0 aliphatic rings. The summed E-state index contributed by atoms with van der Waals surface area (Å²) in [4.78, 5) is 16.8. The minimum atomic E-state index is -3.65. The van der Waals surface area contributed by atoms with E-state index in [9.17, 15) is 13.2 Å². The molecule has 3 rings (SSSR count). The maximum absolute atomic E-state index is 12.4. The highest BCUT2D eigenvalue weighted by Gasteiger charge is 2.18. The summed E-state index contributed by atoms with van der Waals surface area (Å²) < 4.78 is 27.9. The molecule has 1 amide bonds. The first-order chi connectivity index (χ1) is 11.8. The molecule has 25 heavy (non-hydrogen) atoms. The maximum Gasteiger partial charge on any atom is 0.257 e. The van der Waals surface area contributed by atoms with E-state index in [1.807, 2.05) is 24.3 Å². The number of sulfonamides is 1. The van der Waals surface area contributed by atoms with Gasteiger partial charge in [-0.3, -0.25) is 10.1 Å². The van der Waals surface area contributed by atoms with Crippen molar-refractivity contribution in [3.8, 4) is 0 Å². The second kappa shape index (κ2) is 6.91. The Hall–Kier alpha value is -2.29. The van der Waals surface area contributed by atoms with Gasteiger partial charge < -0.3 is 0 Å². The Morgan fingerprint density at radius 2 is 1.88 bits per heavy atom. The largest absolute Gasteiger partial charge is 0.298 e. The van der Waals surface area contributed by atoms with Crippen LogP contribution in [-0.4, -0.2) is 25.4 Å². The van der Waals surface area contributed by atoms with E-state index in [0.29, 0.717) is 5.13 Å². The molecule has 3 aromatic rings. The van der Waals surface area contributed by atoms with Crippen molar-refractivity contribution < 1.29 is 13.2 Å². The van der Waals surface area contributed by atoms with E-state index in [-0.39, 0.29) is 16.5 Å². The highest BCUT2D eigenvalue weighted by molar-refractivity contribution is 7.89. The number of rotatable bonds is 5. The Labute approximate surface area is 150 Å². The first kappa shape index (κ1) is 17.5. The molecule has 0 saturated carbocycles. The van der Waals surface area contributed by atoms with Crippen molar-refractivity contribution >= 4 is 42.6 Å². The van der Waals surface area contributed by atoms with Crippen molar-refractivity contribution in [2.75, 3.05) is 5.32 Å². The third-order valence-electron chi connectivity index (χ3n) is 3.31. The van der Waals surface area contributed by atoms with Crippen molar-refractivity contribution in [3.05, 3.63) is 54.1 Å². The lowest BCUT2D eigenvalue weighted by molar-refractivity contribution is 0.102. The minimum absolute atomic E-state index is 0.0538. The Balaban J connectivity index is 1.84. The number of thiazole rings is 1. The molecule has 0 radical (unpaired) electrons. The van der Waals surface area contributed by atoms with E-state index in [1.54, 1.807) is 26.0 Å². The SMILES string of the molecule is CC(C)NS(=O)(=O)c1cccc(C(=O)Nc2nc3ccccc3s2)c1. The van der Waals surface area contributed by atoms with Crippen LogP contribution >= 0.6 is 11.3 Å². The number of anilines is 1. The van der Waals surface area contributed by atoms with E-state index >= 15 is 0 Å². The second-order valence-corrected chi connectivity index (χ2v) is 8.49. The van der Waals surface area contributed by atoms with Gasteiger partial charge >= 0.3 is 0 Å². The van der Waals surface area contributed by atoms with Crippen LogP contribution in [0.25, 0.3) is 10.2 Å². The summed E-state index contributed by atoms with van der Waals surface area (Å²) in [5, 5.41) is 3.19. The topological polar surface area (TPSA) is 88.2 Å². The van der Waals surface area contributed by atoms with Crippen LogP contribution in [0.4, 0.5) is 5.13 Å². The summed E-state index contributed by atoms with van der Waals surface area (Å²) in [5.74, 6) is -0.402. The fourth-order valence-electron chi connectivity index (χ4n) is 2.28. The zero-order valence-corrected chi connectivity index (χ0v) is 15.3. The average Bonchev–Trinajstić information content (AvgIpc) is 2.96.